The van der Waals surface area contributed by atoms with Gasteiger partial charge in [0.05, 0.1) is 6.61 Å². The fraction of sp³-hybridized carbons (Fsp3) is 0.478. The molecule has 8 nitrogen and oxygen atoms in total. The lowest BCUT2D eigenvalue weighted by Gasteiger charge is -2.31. The predicted octanol–water partition coefficient (Wildman–Crippen LogP) is 3.95. The van der Waals surface area contributed by atoms with E-state index in [2.05, 4.69) is 6.58 Å². The van der Waals surface area contributed by atoms with Crippen LogP contribution >= 0.6 is 0 Å². The lowest BCUT2D eigenvalue weighted by atomic mass is 10.1. The molecule has 0 spiro atoms. The second-order valence-corrected chi connectivity index (χ2v) is 7.73. The first-order chi connectivity index (χ1) is 14.5. The number of hydrogen-bond acceptors (Lipinski definition) is 7. The number of allylic oxidation sites excluding steroid dienone is 1. The van der Waals surface area contributed by atoms with Crippen molar-refractivity contribution < 1.29 is 33.4 Å². The molecule has 0 aliphatic heterocycles. The standard InChI is InChI=1S/C23H31NO7/c1-7-9-15-18(24(16(3)25)22(28)31-23(4,5)6)20(26)30-19(21(27)29-8-2)17-13-11-10-12-14-17/h7,10-14,18-19H,1,8-9,15H2,2-6H3/t18-,19-/m0/s1. The molecule has 0 fully saturated rings. The van der Waals surface area contributed by atoms with Gasteiger partial charge in [-0.3, -0.25) is 4.79 Å². The third-order valence-electron chi connectivity index (χ3n) is 3.99. The number of imide groups is 1. The topological polar surface area (TPSA) is 99.2 Å². The summed E-state index contributed by atoms with van der Waals surface area (Å²) < 4.78 is 15.8. The first-order valence-corrected chi connectivity index (χ1v) is 10.1. The molecule has 0 aliphatic rings. The second kappa shape index (κ2) is 11.9. The van der Waals surface area contributed by atoms with Crippen LogP contribution in [0.4, 0.5) is 4.79 Å². The van der Waals surface area contributed by atoms with Crippen LogP contribution < -0.4 is 0 Å². The number of ether oxygens (including phenoxy) is 3. The number of rotatable bonds is 9. The van der Waals surface area contributed by atoms with Crippen molar-refractivity contribution in [3.05, 3.63) is 48.6 Å². The molecule has 0 aliphatic carbocycles. The fourth-order valence-electron chi connectivity index (χ4n) is 2.71. The number of carbonyl (C=O) groups excluding carboxylic acids is 4. The van der Waals surface area contributed by atoms with Gasteiger partial charge in [-0.2, -0.15) is 0 Å². The highest BCUT2D eigenvalue weighted by atomic mass is 16.6. The zero-order chi connectivity index (χ0) is 23.6. The molecule has 1 aromatic carbocycles. The summed E-state index contributed by atoms with van der Waals surface area (Å²) in [5, 5.41) is 0. The fourth-order valence-corrected chi connectivity index (χ4v) is 2.71. The van der Waals surface area contributed by atoms with E-state index in [-0.39, 0.29) is 13.0 Å². The monoisotopic (exact) mass is 433 g/mol. The highest BCUT2D eigenvalue weighted by Gasteiger charge is 2.39. The van der Waals surface area contributed by atoms with Crippen molar-refractivity contribution in [3.63, 3.8) is 0 Å². The normalized spacial score (nSPS) is 12.8. The summed E-state index contributed by atoms with van der Waals surface area (Å²) in [6.07, 6.45) is -0.383. The van der Waals surface area contributed by atoms with Gasteiger partial charge in [0.2, 0.25) is 12.0 Å². The Morgan fingerprint density at radius 2 is 1.71 bits per heavy atom. The molecule has 0 unspecified atom stereocenters. The van der Waals surface area contributed by atoms with Crippen LogP contribution in [0.3, 0.4) is 0 Å². The predicted molar refractivity (Wildman–Crippen MR) is 114 cm³/mol. The molecule has 170 valence electrons. The third-order valence-corrected chi connectivity index (χ3v) is 3.99. The Morgan fingerprint density at radius 3 is 2.19 bits per heavy atom. The molecule has 0 N–H and O–H groups in total. The van der Waals surface area contributed by atoms with E-state index in [0.29, 0.717) is 16.9 Å². The number of hydrogen-bond donors (Lipinski definition) is 0. The minimum atomic E-state index is -1.34. The zero-order valence-electron chi connectivity index (χ0n) is 18.8. The molecule has 0 aromatic heterocycles. The summed E-state index contributed by atoms with van der Waals surface area (Å²) in [5.74, 6) is -2.37. The van der Waals surface area contributed by atoms with Crippen LogP contribution in [-0.2, 0) is 28.6 Å². The van der Waals surface area contributed by atoms with Crippen LogP contribution in [0.5, 0.6) is 0 Å². The van der Waals surface area contributed by atoms with Crippen LogP contribution in [-0.4, -0.2) is 47.1 Å². The van der Waals surface area contributed by atoms with Crippen molar-refractivity contribution in [1.82, 2.24) is 4.90 Å². The molecular weight excluding hydrogens is 402 g/mol. The number of esters is 2. The molecule has 31 heavy (non-hydrogen) atoms. The third kappa shape index (κ3) is 8.24. The molecule has 2 atom stereocenters. The lowest BCUT2D eigenvalue weighted by molar-refractivity contribution is -0.172. The Morgan fingerprint density at radius 1 is 1.10 bits per heavy atom. The van der Waals surface area contributed by atoms with Crippen molar-refractivity contribution in [2.45, 2.75) is 65.2 Å². The zero-order valence-corrected chi connectivity index (χ0v) is 18.8. The van der Waals surface area contributed by atoms with Gasteiger partial charge >= 0.3 is 18.0 Å². The molecule has 0 saturated heterocycles. The molecule has 0 bridgehead atoms. The van der Waals surface area contributed by atoms with Gasteiger partial charge in [0.1, 0.15) is 11.6 Å². The molecule has 1 aromatic rings. The van der Waals surface area contributed by atoms with Gasteiger partial charge in [-0.15, -0.1) is 6.58 Å². The highest BCUT2D eigenvalue weighted by molar-refractivity contribution is 5.96. The van der Waals surface area contributed by atoms with Crippen LogP contribution in [0.25, 0.3) is 0 Å². The van der Waals surface area contributed by atoms with E-state index < -0.39 is 41.7 Å². The summed E-state index contributed by atoms with van der Waals surface area (Å²) in [4.78, 5) is 51.2. The molecule has 2 amide bonds. The van der Waals surface area contributed by atoms with E-state index in [1.54, 1.807) is 64.1 Å². The summed E-state index contributed by atoms with van der Waals surface area (Å²) in [7, 11) is 0. The molecule has 0 saturated carbocycles. The van der Waals surface area contributed by atoms with Gasteiger partial charge in [-0.25, -0.2) is 19.3 Å². The Kier molecular flexibility index (Phi) is 9.92. The molecule has 8 heteroatoms. The van der Waals surface area contributed by atoms with Gasteiger partial charge in [-0.1, -0.05) is 36.4 Å². The Hall–Kier alpha value is -3.16. The van der Waals surface area contributed by atoms with E-state index in [1.165, 1.54) is 0 Å². The van der Waals surface area contributed by atoms with Gasteiger partial charge in [0.25, 0.3) is 0 Å². The van der Waals surface area contributed by atoms with Crippen molar-refractivity contribution in [1.29, 1.82) is 0 Å². The molecule has 0 radical (unpaired) electrons. The maximum absolute atomic E-state index is 13.1. The van der Waals surface area contributed by atoms with E-state index >= 15 is 0 Å². The van der Waals surface area contributed by atoms with Gasteiger partial charge in [0, 0.05) is 12.5 Å². The largest absolute Gasteiger partial charge is 0.463 e. The second-order valence-electron chi connectivity index (χ2n) is 7.73. The molecule has 0 heterocycles. The Balaban J connectivity index is 3.26. The van der Waals surface area contributed by atoms with Crippen molar-refractivity contribution in [2.75, 3.05) is 6.61 Å². The van der Waals surface area contributed by atoms with E-state index in [9.17, 15) is 19.2 Å². The summed E-state index contributed by atoms with van der Waals surface area (Å²) in [5.41, 5.74) is -0.474. The SMILES string of the molecule is C=CCC[C@@H](C(=O)O[C@H](C(=O)OCC)c1ccccc1)N(C(C)=O)C(=O)OC(C)(C)C. The van der Waals surface area contributed by atoms with E-state index in [0.717, 1.165) is 6.92 Å². The minimum absolute atomic E-state index is 0.0610. The van der Waals surface area contributed by atoms with Crippen LogP contribution in [0.2, 0.25) is 0 Å². The number of nitrogens with zero attached hydrogens (tertiary/aromatic N) is 1. The van der Waals surface area contributed by atoms with E-state index in [1.807, 2.05) is 0 Å². The maximum atomic E-state index is 13.1. The van der Waals surface area contributed by atoms with E-state index in [4.69, 9.17) is 14.2 Å². The lowest BCUT2D eigenvalue weighted by Crippen LogP contribution is -2.50. The van der Waals surface area contributed by atoms with Gasteiger partial charge < -0.3 is 14.2 Å². The number of amides is 2. The summed E-state index contributed by atoms with van der Waals surface area (Å²) in [6.45, 7) is 11.4. The Bertz CT molecular complexity index is 783. The van der Waals surface area contributed by atoms with Gasteiger partial charge in [-0.05, 0) is 40.5 Å². The molecular formula is C23H31NO7. The molecule has 1 rings (SSSR count). The summed E-state index contributed by atoms with van der Waals surface area (Å²) in [6, 6.07) is 7.06. The smallest absolute Gasteiger partial charge is 0.417 e. The Labute approximate surface area is 183 Å². The van der Waals surface area contributed by atoms with Crippen LogP contribution in [0, 0.1) is 0 Å². The highest BCUT2D eigenvalue weighted by Crippen LogP contribution is 2.23. The van der Waals surface area contributed by atoms with Crippen molar-refractivity contribution >= 4 is 23.9 Å². The quantitative estimate of drug-likeness (QED) is 0.330. The number of benzene rings is 1. The first kappa shape index (κ1) is 25.9. The average Bonchev–Trinajstić information content (AvgIpc) is 2.68. The van der Waals surface area contributed by atoms with Gasteiger partial charge in [0.15, 0.2) is 0 Å². The van der Waals surface area contributed by atoms with Crippen molar-refractivity contribution in [3.8, 4) is 0 Å². The number of carbonyl (C=O) groups is 4. The van der Waals surface area contributed by atoms with Crippen LogP contribution in [0.1, 0.15) is 59.1 Å². The van der Waals surface area contributed by atoms with Crippen molar-refractivity contribution in [2.24, 2.45) is 0 Å². The minimum Gasteiger partial charge on any atom is -0.463 e. The summed E-state index contributed by atoms with van der Waals surface area (Å²) >= 11 is 0. The maximum Gasteiger partial charge on any atom is 0.417 e. The first-order valence-electron chi connectivity index (χ1n) is 10.1. The average molecular weight is 434 g/mol. The van der Waals surface area contributed by atoms with Crippen LogP contribution in [0.15, 0.2) is 43.0 Å².